The molecule has 0 aromatic carbocycles. The Bertz CT molecular complexity index is 133. The number of fused-ring (bicyclic) bond motifs is 2. The van der Waals surface area contributed by atoms with Gasteiger partial charge in [0.1, 0.15) is 0 Å². The normalized spacial score (nSPS) is 52.2. The summed E-state index contributed by atoms with van der Waals surface area (Å²) in [5, 5.41) is 9.44. The van der Waals surface area contributed by atoms with Crippen LogP contribution in [-0.4, -0.2) is 24.4 Å². The fourth-order valence-corrected chi connectivity index (χ4v) is 2.52. The van der Waals surface area contributed by atoms with Gasteiger partial charge in [0, 0.05) is 13.0 Å². The van der Waals surface area contributed by atoms with Crippen LogP contribution in [0.25, 0.3) is 0 Å². The third-order valence-corrected chi connectivity index (χ3v) is 3.02. The number of hydrogen-bond acceptors (Lipinski definition) is 2. The molecule has 0 amide bonds. The summed E-state index contributed by atoms with van der Waals surface area (Å²) in [4.78, 5) is 0. The van der Waals surface area contributed by atoms with E-state index in [2.05, 4.69) is 0 Å². The number of rotatable bonds is 1. The van der Waals surface area contributed by atoms with Crippen molar-refractivity contribution in [1.29, 1.82) is 0 Å². The van der Waals surface area contributed by atoms with Gasteiger partial charge in [0.05, 0.1) is 12.2 Å². The number of methoxy groups -OCH3 is 1. The molecule has 0 unspecified atom stereocenters. The van der Waals surface area contributed by atoms with Crippen LogP contribution in [0.4, 0.5) is 0 Å². The Morgan fingerprint density at radius 1 is 1.30 bits per heavy atom. The van der Waals surface area contributed by atoms with Crippen LogP contribution in [0.15, 0.2) is 0 Å². The van der Waals surface area contributed by atoms with Crippen molar-refractivity contribution < 1.29 is 9.84 Å². The zero-order valence-corrected chi connectivity index (χ0v) is 6.29. The van der Waals surface area contributed by atoms with Crippen LogP contribution in [-0.2, 0) is 4.74 Å². The first-order valence-corrected chi connectivity index (χ1v) is 4.02. The Morgan fingerprint density at radius 3 is 2.50 bits per heavy atom. The van der Waals surface area contributed by atoms with Gasteiger partial charge in [0.25, 0.3) is 0 Å². The quantitative estimate of drug-likeness (QED) is 0.586. The molecule has 0 radical (unpaired) electrons. The van der Waals surface area contributed by atoms with Crippen molar-refractivity contribution in [2.45, 2.75) is 31.5 Å². The van der Waals surface area contributed by atoms with Crippen LogP contribution in [0.3, 0.4) is 0 Å². The van der Waals surface area contributed by atoms with Crippen LogP contribution in [0, 0.1) is 11.8 Å². The molecule has 0 aromatic rings. The van der Waals surface area contributed by atoms with Crippen LogP contribution in [0.2, 0.25) is 0 Å². The summed E-state index contributed by atoms with van der Waals surface area (Å²) < 4.78 is 5.26. The van der Waals surface area contributed by atoms with E-state index in [4.69, 9.17) is 4.74 Å². The number of ether oxygens (including phenoxy) is 1. The van der Waals surface area contributed by atoms with Crippen LogP contribution in [0.5, 0.6) is 0 Å². The Labute approximate surface area is 61.2 Å². The predicted molar refractivity (Wildman–Crippen MR) is 37.6 cm³/mol. The first-order chi connectivity index (χ1) is 4.81. The number of hydrogen-bond donors (Lipinski definition) is 1. The molecule has 0 spiro atoms. The summed E-state index contributed by atoms with van der Waals surface area (Å²) in [7, 11) is 1.75. The third kappa shape index (κ3) is 0.789. The highest BCUT2D eigenvalue weighted by atomic mass is 16.5. The van der Waals surface area contributed by atoms with Gasteiger partial charge in [-0.2, -0.15) is 0 Å². The van der Waals surface area contributed by atoms with Crippen LogP contribution < -0.4 is 0 Å². The maximum Gasteiger partial charge on any atom is 0.0626 e. The smallest absolute Gasteiger partial charge is 0.0626 e. The fourth-order valence-electron chi connectivity index (χ4n) is 2.52. The van der Waals surface area contributed by atoms with Crippen molar-refractivity contribution in [1.82, 2.24) is 0 Å². The van der Waals surface area contributed by atoms with Crippen LogP contribution >= 0.6 is 0 Å². The molecule has 0 heterocycles. The SMILES string of the molecule is CO[C@@H]1C[C@@H]2C[C@H]1[C@@H](O)C2. The van der Waals surface area contributed by atoms with Gasteiger partial charge in [0.2, 0.25) is 0 Å². The highest BCUT2D eigenvalue weighted by Crippen LogP contribution is 2.45. The molecular weight excluding hydrogens is 128 g/mol. The molecule has 2 heteroatoms. The molecule has 2 aliphatic carbocycles. The summed E-state index contributed by atoms with van der Waals surface area (Å²) in [6, 6.07) is 0. The lowest BCUT2D eigenvalue weighted by atomic mass is 9.95. The highest BCUT2D eigenvalue weighted by molar-refractivity contribution is 4.96. The molecule has 2 saturated carbocycles. The lowest BCUT2D eigenvalue weighted by molar-refractivity contribution is -0.00708. The largest absolute Gasteiger partial charge is 0.393 e. The molecule has 10 heavy (non-hydrogen) atoms. The van der Waals surface area contributed by atoms with Gasteiger partial charge in [0.15, 0.2) is 0 Å². The van der Waals surface area contributed by atoms with E-state index in [-0.39, 0.29) is 6.10 Å². The molecule has 2 nitrogen and oxygen atoms in total. The van der Waals surface area contributed by atoms with Crippen molar-refractivity contribution in [3.05, 3.63) is 0 Å². The predicted octanol–water partition coefficient (Wildman–Crippen LogP) is 0.792. The van der Waals surface area contributed by atoms with Gasteiger partial charge in [-0.15, -0.1) is 0 Å². The zero-order valence-electron chi connectivity index (χ0n) is 6.29. The number of aliphatic hydroxyl groups excluding tert-OH is 1. The van der Waals surface area contributed by atoms with E-state index in [0.29, 0.717) is 12.0 Å². The second kappa shape index (κ2) is 2.21. The first-order valence-electron chi connectivity index (χ1n) is 4.02. The van der Waals surface area contributed by atoms with E-state index >= 15 is 0 Å². The maximum atomic E-state index is 9.44. The van der Waals surface area contributed by atoms with Gasteiger partial charge in [-0.3, -0.25) is 0 Å². The lowest BCUT2D eigenvalue weighted by Crippen LogP contribution is -2.29. The molecule has 2 bridgehead atoms. The summed E-state index contributed by atoms with van der Waals surface area (Å²) >= 11 is 0. The van der Waals surface area contributed by atoms with Crippen LogP contribution in [0.1, 0.15) is 19.3 Å². The summed E-state index contributed by atoms with van der Waals surface area (Å²) in [6.07, 6.45) is 3.68. The van der Waals surface area contributed by atoms with E-state index in [1.807, 2.05) is 0 Å². The molecule has 1 N–H and O–H groups in total. The second-order valence-corrected chi connectivity index (χ2v) is 3.58. The fraction of sp³-hybridized carbons (Fsp3) is 1.00. The van der Waals surface area contributed by atoms with E-state index in [0.717, 1.165) is 12.3 Å². The van der Waals surface area contributed by atoms with E-state index in [1.165, 1.54) is 12.8 Å². The molecular formula is C8H14O2. The molecule has 2 rings (SSSR count). The average molecular weight is 142 g/mol. The van der Waals surface area contributed by atoms with Gasteiger partial charge >= 0.3 is 0 Å². The van der Waals surface area contributed by atoms with Crippen molar-refractivity contribution >= 4 is 0 Å². The lowest BCUT2D eigenvalue weighted by Gasteiger charge is -2.24. The molecule has 0 aromatic heterocycles. The summed E-state index contributed by atoms with van der Waals surface area (Å²) in [5.41, 5.74) is 0. The van der Waals surface area contributed by atoms with Gasteiger partial charge < -0.3 is 9.84 Å². The van der Waals surface area contributed by atoms with E-state index < -0.39 is 0 Å². The molecule has 0 saturated heterocycles. The Morgan fingerprint density at radius 2 is 2.10 bits per heavy atom. The minimum atomic E-state index is -0.0660. The average Bonchev–Trinajstić information content (AvgIpc) is 2.44. The van der Waals surface area contributed by atoms with Crippen molar-refractivity contribution in [3.8, 4) is 0 Å². The van der Waals surface area contributed by atoms with Gasteiger partial charge in [-0.1, -0.05) is 0 Å². The monoisotopic (exact) mass is 142 g/mol. The molecule has 2 fully saturated rings. The Kier molecular flexibility index (Phi) is 1.46. The molecule has 4 atom stereocenters. The summed E-state index contributed by atoms with van der Waals surface area (Å²) in [6.45, 7) is 0. The second-order valence-electron chi connectivity index (χ2n) is 3.58. The first kappa shape index (κ1) is 6.62. The molecule has 58 valence electrons. The van der Waals surface area contributed by atoms with Crippen molar-refractivity contribution in [2.75, 3.05) is 7.11 Å². The van der Waals surface area contributed by atoms with Crippen molar-refractivity contribution in [2.24, 2.45) is 11.8 Å². The molecule has 0 aliphatic heterocycles. The zero-order chi connectivity index (χ0) is 7.14. The van der Waals surface area contributed by atoms with E-state index in [9.17, 15) is 5.11 Å². The minimum absolute atomic E-state index is 0.0660. The minimum Gasteiger partial charge on any atom is -0.393 e. The summed E-state index contributed by atoms with van der Waals surface area (Å²) in [5.74, 6) is 1.21. The number of aliphatic hydroxyl groups is 1. The third-order valence-electron chi connectivity index (χ3n) is 3.02. The standard InChI is InChI=1S/C8H14O2/c1-10-8-4-5-2-6(8)7(9)3-5/h5-9H,2-4H2,1H3/t5-,6+,7+,8-/m1/s1. The Hall–Kier alpha value is -0.0800. The highest BCUT2D eigenvalue weighted by Gasteiger charge is 2.45. The van der Waals surface area contributed by atoms with Gasteiger partial charge in [-0.05, 0) is 25.2 Å². The Balaban J connectivity index is 2.06. The van der Waals surface area contributed by atoms with E-state index in [1.54, 1.807) is 7.11 Å². The maximum absolute atomic E-state index is 9.44. The molecule has 2 aliphatic rings. The topological polar surface area (TPSA) is 29.5 Å². The van der Waals surface area contributed by atoms with Crippen molar-refractivity contribution in [3.63, 3.8) is 0 Å². The van der Waals surface area contributed by atoms with Gasteiger partial charge in [-0.25, -0.2) is 0 Å².